The Hall–Kier alpha value is -1.71. The van der Waals surface area contributed by atoms with Gasteiger partial charge in [-0.25, -0.2) is 0 Å². The summed E-state index contributed by atoms with van der Waals surface area (Å²) in [4.78, 5) is 12.2. The van der Waals surface area contributed by atoms with Gasteiger partial charge in [0.1, 0.15) is 0 Å². The van der Waals surface area contributed by atoms with Gasteiger partial charge in [0.05, 0.1) is 17.9 Å². The highest BCUT2D eigenvalue weighted by molar-refractivity contribution is 5.98. The van der Waals surface area contributed by atoms with E-state index in [-0.39, 0.29) is 5.91 Å². The lowest BCUT2D eigenvalue weighted by Gasteiger charge is -2.15. The van der Waals surface area contributed by atoms with E-state index in [9.17, 15) is 4.79 Å². The Bertz CT molecular complexity index is 426. The molecule has 1 fully saturated rings. The number of hydrogen-bond donors (Lipinski definition) is 2. The van der Waals surface area contributed by atoms with Gasteiger partial charge in [-0.15, -0.1) is 0 Å². The van der Waals surface area contributed by atoms with Crippen molar-refractivity contribution in [2.45, 2.75) is 38.6 Å². The van der Waals surface area contributed by atoms with E-state index >= 15 is 0 Å². The Labute approximate surface area is 108 Å². The molecular weight excluding hydrogens is 228 g/mol. The summed E-state index contributed by atoms with van der Waals surface area (Å²) in [6.07, 6.45) is 4.52. The molecule has 0 aromatic heterocycles. The number of hydrogen-bond acceptors (Lipinski definition) is 3. The first-order chi connectivity index (χ1) is 8.72. The molecule has 1 aliphatic carbocycles. The number of rotatable bonds is 4. The Kier molecular flexibility index (Phi) is 4.07. The fourth-order valence-corrected chi connectivity index (χ4v) is 2.37. The van der Waals surface area contributed by atoms with Gasteiger partial charge in [-0.3, -0.25) is 4.79 Å². The fraction of sp³-hybridized carbons (Fsp3) is 0.500. The SMILES string of the molecule is CCOc1c(N)cccc1C(=O)NC1CCCC1. The Morgan fingerprint density at radius 3 is 2.83 bits per heavy atom. The number of nitrogens with two attached hydrogens (primary N) is 1. The summed E-state index contributed by atoms with van der Waals surface area (Å²) in [6, 6.07) is 5.58. The monoisotopic (exact) mass is 248 g/mol. The molecule has 3 N–H and O–H groups in total. The number of carbonyl (C=O) groups is 1. The first kappa shape index (κ1) is 12.7. The van der Waals surface area contributed by atoms with Crippen LogP contribution in [-0.2, 0) is 0 Å². The van der Waals surface area contributed by atoms with Gasteiger partial charge in [0.25, 0.3) is 5.91 Å². The number of amides is 1. The number of para-hydroxylation sites is 1. The molecule has 4 nitrogen and oxygen atoms in total. The molecule has 0 atom stereocenters. The van der Waals surface area contributed by atoms with Crippen LogP contribution in [0.4, 0.5) is 5.69 Å². The van der Waals surface area contributed by atoms with Crippen molar-refractivity contribution in [3.63, 3.8) is 0 Å². The molecular formula is C14H20N2O2. The predicted molar refractivity (Wildman–Crippen MR) is 71.7 cm³/mol. The first-order valence-corrected chi connectivity index (χ1v) is 6.54. The summed E-state index contributed by atoms with van der Waals surface area (Å²) < 4.78 is 5.47. The van der Waals surface area contributed by atoms with E-state index in [2.05, 4.69) is 5.32 Å². The average molecular weight is 248 g/mol. The molecule has 0 aliphatic heterocycles. The van der Waals surface area contributed by atoms with Crippen LogP contribution in [0.5, 0.6) is 5.75 Å². The molecule has 0 spiro atoms. The van der Waals surface area contributed by atoms with Crippen LogP contribution in [0.15, 0.2) is 18.2 Å². The maximum atomic E-state index is 12.2. The van der Waals surface area contributed by atoms with Crippen LogP contribution in [0.25, 0.3) is 0 Å². The number of ether oxygens (including phenoxy) is 1. The maximum absolute atomic E-state index is 12.2. The molecule has 98 valence electrons. The van der Waals surface area contributed by atoms with Crippen LogP contribution in [0.3, 0.4) is 0 Å². The molecule has 2 rings (SSSR count). The second-order valence-corrected chi connectivity index (χ2v) is 4.61. The van der Waals surface area contributed by atoms with Crippen LogP contribution in [-0.4, -0.2) is 18.6 Å². The van der Waals surface area contributed by atoms with Gasteiger partial charge in [0.15, 0.2) is 5.75 Å². The van der Waals surface area contributed by atoms with E-state index in [1.807, 2.05) is 6.92 Å². The van der Waals surface area contributed by atoms with Gasteiger partial charge in [0.2, 0.25) is 0 Å². The number of nitrogens with one attached hydrogen (secondary N) is 1. The molecule has 1 amide bonds. The third-order valence-corrected chi connectivity index (χ3v) is 3.27. The van der Waals surface area contributed by atoms with Crippen LogP contribution in [0.2, 0.25) is 0 Å². The van der Waals surface area contributed by atoms with E-state index in [1.54, 1.807) is 18.2 Å². The van der Waals surface area contributed by atoms with Gasteiger partial charge >= 0.3 is 0 Å². The summed E-state index contributed by atoms with van der Waals surface area (Å²) in [5.74, 6) is 0.410. The summed E-state index contributed by atoms with van der Waals surface area (Å²) in [7, 11) is 0. The highest BCUT2D eigenvalue weighted by Crippen LogP contribution is 2.27. The van der Waals surface area contributed by atoms with Crippen molar-refractivity contribution in [3.05, 3.63) is 23.8 Å². The number of anilines is 1. The van der Waals surface area contributed by atoms with Crippen molar-refractivity contribution >= 4 is 11.6 Å². The minimum absolute atomic E-state index is 0.0855. The molecule has 0 unspecified atom stereocenters. The van der Waals surface area contributed by atoms with Crippen molar-refractivity contribution in [1.82, 2.24) is 5.32 Å². The van der Waals surface area contributed by atoms with Crippen molar-refractivity contribution in [1.29, 1.82) is 0 Å². The van der Waals surface area contributed by atoms with Crippen molar-refractivity contribution in [2.75, 3.05) is 12.3 Å². The fourth-order valence-electron chi connectivity index (χ4n) is 2.37. The molecule has 0 radical (unpaired) electrons. The first-order valence-electron chi connectivity index (χ1n) is 6.54. The Morgan fingerprint density at radius 1 is 1.44 bits per heavy atom. The highest BCUT2D eigenvalue weighted by atomic mass is 16.5. The van der Waals surface area contributed by atoms with E-state index in [4.69, 9.17) is 10.5 Å². The zero-order chi connectivity index (χ0) is 13.0. The number of benzene rings is 1. The van der Waals surface area contributed by atoms with Crippen molar-refractivity contribution in [3.8, 4) is 5.75 Å². The minimum Gasteiger partial charge on any atom is -0.491 e. The van der Waals surface area contributed by atoms with E-state index in [0.29, 0.717) is 29.6 Å². The molecule has 0 bridgehead atoms. The van der Waals surface area contributed by atoms with E-state index < -0.39 is 0 Å². The molecule has 0 heterocycles. The maximum Gasteiger partial charge on any atom is 0.255 e. The zero-order valence-corrected chi connectivity index (χ0v) is 10.7. The van der Waals surface area contributed by atoms with Crippen molar-refractivity contribution < 1.29 is 9.53 Å². The van der Waals surface area contributed by atoms with Crippen LogP contribution < -0.4 is 15.8 Å². The minimum atomic E-state index is -0.0855. The summed E-state index contributed by atoms with van der Waals surface area (Å²) in [5, 5.41) is 3.05. The Morgan fingerprint density at radius 2 is 2.17 bits per heavy atom. The van der Waals surface area contributed by atoms with Gasteiger partial charge in [-0.05, 0) is 31.9 Å². The molecule has 18 heavy (non-hydrogen) atoms. The molecule has 1 aromatic rings. The number of carbonyl (C=O) groups excluding carboxylic acids is 1. The summed E-state index contributed by atoms with van der Waals surface area (Å²) >= 11 is 0. The van der Waals surface area contributed by atoms with Gasteiger partial charge in [-0.2, -0.15) is 0 Å². The highest BCUT2D eigenvalue weighted by Gasteiger charge is 2.20. The largest absolute Gasteiger partial charge is 0.491 e. The van der Waals surface area contributed by atoms with Crippen molar-refractivity contribution in [2.24, 2.45) is 0 Å². The lowest BCUT2D eigenvalue weighted by atomic mass is 10.1. The predicted octanol–water partition coefficient (Wildman–Crippen LogP) is 2.34. The zero-order valence-electron chi connectivity index (χ0n) is 10.7. The quantitative estimate of drug-likeness (QED) is 0.804. The number of nitrogen functional groups attached to an aromatic ring is 1. The molecule has 1 aromatic carbocycles. The molecule has 1 saturated carbocycles. The average Bonchev–Trinajstić information content (AvgIpc) is 2.84. The van der Waals surface area contributed by atoms with E-state index in [0.717, 1.165) is 12.8 Å². The lowest BCUT2D eigenvalue weighted by molar-refractivity contribution is 0.0934. The van der Waals surface area contributed by atoms with Gasteiger partial charge in [0, 0.05) is 6.04 Å². The third kappa shape index (κ3) is 2.75. The molecule has 0 saturated heterocycles. The van der Waals surface area contributed by atoms with Gasteiger partial charge in [-0.1, -0.05) is 18.9 Å². The van der Waals surface area contributed by atoms with Gasteiger partial charge < -0.3 is 15.8 Å². The lowest BCUT2D eigenvalue weighted by Crippen LogP contribution is -2.32. The summed E-state index contributed by atoms with van der Waals surface area (Å²) in [5.41, 5.74) is 6.89. The smallest absolute Gasteiger partial charge is 0.255 e. The van der Waals surface area contributed by atoms with Crippen LogP contribution in [0, 0.1) is 0 Å². The molecule has 4 heteroatoms. The van der Waals surface area contributed by atoms with Crippen LogP contribution >= 0.6 is 0 Å². The second-order valence-electron chi connectivity index (χ2n) is 4.61. The topological polar surface area (TPSA) is 64.3 Å². The normalized spacial score (nSPS) is 15.6. The second kappa shape index (κ2) is 5.76. The Balaban J connectivity index is 2.15. The summed E-state index contributed by atoms with van der Waals surface area (Å²) in [6.45, 7) is 2.38. The molecule has 1 aliphatic rings. The van der Waals surface area contributed by atoms with E-state index in [1.165, 1.54) is 12.8 Å². The third-order valence-electron chi connectivity index (χ3n) is 3.27. The standard InChI is InChI=1S/C14H20N2O2/c1-2-18-13-11(8-5-9-12(13)15)14(17)16-10-6-3-4-7-10/h5,8-10H,2-4,6-7,15H2,1H3,(H,16,17). The van der Waals surface area contributed by atoms with Crippen LogP contribution in [0.1, 0.15) is 43.0 Å².